The normalized spacial score (nSPS) is 16.5. The quantitative estimate of drug-likeness (QED) is 0.762. The van der Waals surface area contributed by atoms with Crippen LogP contribution < -0.4 is 0 Å². The number of benzene rings is 1. The van der Waals surface area contributed by atoms with Crippen LogP contribution in [0.3, 0.4) is 0 Å². The number of morpholine rings is 1. The molecule has 1 aliphatic heterocycles. The molecule has 0 aliphatic carbocycles. The van der Waals surface area contributed by atoms with E-state index in [1.807, 2.05) is 24.3 Å². The zero-order chi connectivity index (χ0) is 13.0. The lowest BCUT2D eigenvalue weighted by Gasteiger charge is -2.27. The van der Waals surface area contributed by atoms with Crippen LogP contribution in [0.25, 0.3) is 5.57 Å². The van der Waals surface area contributed by atoms with Crippen LogP contribution in [-0.4, -0.2) is 43.5 Å². The van der Waals surface area contributed by atoms with E-state index in [1.165, 1.54) is 0 Å². The third kappa shape index (κ3) is 3.28. The second-order valence-corrected chi connectivity index (χ2v) is 4.63. The van der Waals surface area contributed by atoms with E-state index < -0.39 is 0 Å². The molecule has 0 spiro atoms. The molecule has 0 N–H and O–H groups in total. The van der Waals surface area contributed by atoms with E-state index in [4.69, 9.17) is 4.74 Å². The van der Waals surface area contributed by atoms with Crippen LogP contribution in [0.4, 0.5) is 0 Å². The molecule has 3 heteroatoms. The zero-order valence-electron chi connectivity index (χ0n) is 10.8. The summed E-state index contributed by atoms with van der Waals surface area (Å²) in [5.74, 6) is 0.0975. The molecule has 1 heterocycles. The number of hydrogen-bond acceptors (Lipinski definition) is 3. The summed E-state index contributed by atoms with van der Waals surface area (Å²) in [4.78, 5) is 13.5. The molecule has 1 fully saturated rings. The first-order chi connectivity index (χ1) is 8.66. The van der Waals surface area contributed by atoms with Crippen LogP contribution >= 0.6 is 0 Å². The van der Waals surface area contributed by atoms with Crippen molar-refractivity contribution in [2.75, 3.05) is 32.8 Å². The van der Waals surface area contributed by atoms with Gasteiger partial charge in [-0.3, -0.25) is 9.69 Å². The molecule has 18 heavy (non-hydrogen) atoms. The van der Waals surface area contributed by atoms with Gasteiger partial charge < -0.3 is 4.74 Å². The molecular weight excluding hydrogens is 226 g/mol. The number of hydrogen-bond donors (Lipinski definition) is 0. The topological polar surface area (TPSA) is 29.5 Å². The van der Waals surface area contributed by atoms with Crippen LogP contribution in [0.5, 0.6) is 0 Å². The van der Waals surface area contributed by atoms with E-state index in [0.29, 0.717) is 0 Å². The molecule has 0 radical (unpaired) electrons. The molecule has 1 saturated heterocycles. The van der Waals surface area contributed by atoms with Gasteiger partial charge in [0.25, 0.3) is 0 Å². The van der Waals surface area contributed by atoms with Crippen molar-refractivity contribution in [2.24, 2.45) is 0 Å². The number of ketones is 1. The van der Waals surface area contributed by atoms with Gasteiger partial charge in [-0.25, -0.2) is 0 Å². The Labute approximate surface area is 108 Å². The van der Waals surface area contributed by atoms with Crippen molar-refractivity contribution in [1.29, 1.82) is 0 Å². The maximum Gasteiger partial charge on any atom is 0.159 e. The van der Waals surface area contributed by atoms with Crippen molar-refractivity contribution in [2.45, 2.75) is 6.92 Å². The molecule has 1 aromatic rings. The zero-order valence-corrected chi connectivity index (χ0v) is 10.8. The predicted molar refractivity (Wildman–Crippen MR) is 72.7 cm³/mol. The lowest BCUT2D eigenvalue weighted by Crippen LogP contribution is -2.37. The summed E-state index contributed by atoms with van der Waals surface area (Å²) in [7, 11) is 0. The summed E-state index contributed by atoms with van der Waals surface area (Å²) in [5.41, 5.74) is 2.94. The van der Waals surface area contributed by atoms with Crippen molar-refractivity contribution < 1.29 is 9.53 Å². The van der Waals surface area contributed by atoms with E-state index >= 15 is 0 Å². The van der Waals surface area contributed by atoms with Crippen LogP contribution in [0.1, 0.15) is 22.8 Å². The molecule has 0 amide bonds. The third-order valence-corrected chi connectivity index (χ3v) is 3.22. The molecule has 0 bridgehead atoms. The molecule has 3 nitrogen and oxygen atoms in total. The highest BCUT2D eigenvalue weighted by atomic mass is 16.5. The van der Waals surface area contributed by atoms with Gasteiger partial charge in [0, 0.05) is 25.2 Å². The molecular formula is C15H19NO2. The minimum absolute atomic E-state index is 0.0975. The summed E-state index contributed by atoms with van der Waals surface area (Å²) in [6, 6.07) is 7.67. The van der Waals surface area contributed by atoms with Gasteiger partial charge in [-0.05, 0) is 18.1 Å². The summed E-state index contributed by atoms with van der Waals surface area (Å²) in [6.07, 6.45) is 0. The molecule has 0 saturated carbocycles. The van der Waals surface area contributed by atoms with Gasteiger partial charge in [0.1, 0.15) is 0 Å². The first-order valence-corrected chi connectivity index (χ1v) is 6.26. The first kappa shape index (κ1) is 13.0. The molecule has 2 rings (SSSR count). The standard InChI is InChI=1S/C15H19NO2/c1-12(11-16-7-9-18-10-8-16)14-3-5-15(6-4-14)13(2)17/h3-6H,1,7-11H2,2H3. The van der Waals surface area contributed by atoms with Crippen LogP contribution in [0, 0.1) is 0 Å². The fourth-order valence-electron chi connectivity index (χ4n) is 2.06. The van der Waals surface area contributed by atoms with Crippen molar-refractivity contribution in [1.82, 2.24) is 4.90 Å². The first-order valence-electron chi connectivity index (χ1n) is 6.26. The monoisotopic (exact) mass is 245 g/mol. The average molecular weight is 245 g/mol. The highest BCUT2D eigenvalue weighted by Crippen LogP contribution is 2.15. The van der Waals surface area contributed by atoms with E-state index in [2.05, 4.69) is 11.5 Å². The predicted octanol–water partition coefficient (Wildman–Crippen LogP) is 2.23. The largest absolute Gasteiger partial charge is 0.379 e. The van der Waals surface area contributed by atoms with E-state index in [9.17, 15) is 4.79 Å². The lowest BCUT2D eigenvalue weighted by atomic mass is 10.0. The van der Waals surface area contributed by atoms with E-state index in [-0.39, 0.29) is 5.78 Å². The maximum absolute atomic E-state index is 11.2. The number of carbonyl (C=O) groups excluding carboxylic acids is 1. The van der Waals surface area contributed by atoms with Gasteiger partial charge in [0.15, 0.2) is 5.78 Å². The summed E-state index contributed by atoms with van der Waals surface area (Å²) in [6.45, 7) is 10.1. The van der Waals surface area contributed by atoms with Crippen molar-refractivity contribution in [3.63, 3.8) is 0 Å². The number of ether oxygens (including phenoxy) is 1. The second kappa shape index (κ2) is 5.94. The molecule has 1 aliphatic rings. The van der Waals surface area contributed by atoms with E-state index in [1.54, 1.807) is 6.92 Å². The Morgan fingerprint density at radius 2 is 1.78 bits per heavy atom. The number of Topliss-reactive ketones (excluding diaryl/α,β-unsaturated/α-hetero) is 1. The van der Waals surface area contributed by atoms with Gasteiger partial charge in [0.2, 0.25) is 0 Å². The Morgan fingerprint density at radius 1 is 1.22 bits per heavy atom. The van der Waals surface area contributed by atoms with Crippen molar-refractivity contribution in [3.05, 3.63) is 42.0 Å². The Hall–Kier alpha value is -1.45. The minimum Gasteiger partial charge on any atom is -0.379 e. The van der Waals surface area contributed by atoms with E-state index in [0.717, 1.165) is 49.5 Å². The Bertz CT molecular complexity index is 430. The highest BCUT2D eigenvalue weighted by Gasteiger charge is 2.12. The Morgan fingerprint density at radius 3 is 2.33 bits per heavy atom. The van der Waals surface area contributed by atoms with Gasteiger partial charge in [-0.2, -0.15) is 0 Å². The van der Waals surface area contributed by atoms with Gasteiger partial charge >= 0.3 is 0 Å². The Balaban J connectivity index is 1.97. The third-order valence-electron chi connectivity index (χ3n) is 3.22. The summed E-state index contributed by atoms with van der Waals surface area (Å²) < 4.78 is 5.32. The maximum atomic E-state index is 11.2. The highest BCUT2D eigenvalue weighted by molar-refractivity contribution is 5.94. The molecule has 1 aromatic carbocycles. The second-order valence-electron chi connectivity index (χ2n) is 4.63. The number of rotatable bonds is 4. The smallest absolute Gasteiger partial charge is 0.159 e. The van der Waals surface area contributed by atoms with Gasteiger partial charge in [0.05, 0.1) is 13.2 Å². The molecule has 0 aromatic heterocycles. The van der Waals surface area contributed by atoms with Gasteiger partial charge in [-0.1, -0.05) is 30.8 Å². The average Bonchev–Trinajstić information content (AvgIpc) is 2.40. The summed E-state index contributed by atoms with van der Waals surface area (Å²) in [5, 5.41) is 0. The molecule has 0 unspecified atom stereocenters. The fourth-order valence-corrected chi connectivity index (χ4v) is 2.06. The molecule has 96 valence electrons. The molecule has 0 atom stereocenters. The van der Waals surface area contributed by atoms with Crippen LogP contribution in [-0.2, 0) is 4.74 Å². The van der Waals surface area contributed by atoms with Crippen LogP contribution in [0.2, 0.25) is 0 Å². The minimum atomic E-state index is 0.0975. The Kier molecular flexibility index (Phi) is 4.28. The summed E-state index contributed by atoms with van der Waals surface area (Å²) >= 11 is 0. The van der Waals surface area contributed by atoms with Crippen molar-refractivity contribution in [3.8, 4) is 0 Å². The fraction of sp³-hybridized carbons (Fsp3) is 0.400. The van der Waals surface area contributed by atoms with Gasteiger partial charge in [-0.15, -0.1) is 0 Å². The van der Waals surface area contributed by atoms with Crippen molar-refractivity contribution >= 4 is 11.4 Å². The number of carbonyl (C=O) groups is 1. The lowest BCUT2D eigenvalue weighted by molar-refractivity contribution is 0.0444. The number of nitrogens with zero attached hydrogens (tertiary/aromatic N) is 1. The SMILES string of the molecule is C=C(CN1CCOCC1)c1ccc(C(C)=O)cc1. The van der Waals surface area contributed by atoms with Crippen LogP contribution in [0.15, 0.2) is 30.8 Å².